The number of hydrogen-bond acceptors (Lipinski definition) is 3. The number of piperazine rings is 1. The van der Waals surface area contributed by atoms with Crippen molar-refractivity contribution in [1.82, 2.24) is 14.7 Å². The highest BCUT2D eigenvalue weighted by atomic mass is 16.2. The fraction of sp³-hybridized carbons (Fsp3) is 0.818. The average Bonchev–Trinajstić information content (AvgIpc) is 2.30. The van der Waals surface area contributed by atoms with Gasteiger partial charge in [-0.2, -0.15) is 0 Å². The van der Waals surface area contributed by atoms with Crippen molar-refractivity contribution in [3.63, 3.8) is 0 Å². The zero-order valence-electron chi connectivity index (χ0n) is 10.7. The molecule has 1 saturated heterocycles. The molecule has 0 unspecified atom stereocenters. The second-order valence-electron chi connectivity index (χ2n) is 4.18. The highest BCUT2D eigenvalue weighted by Crippen LogP contribution is 2.05. The summed E-state index contributed by atoms with van der Waals surface area (Å²) in [5.41, 5.74) is 5.14. The molecule has 0 aromatic carbocycles. The first-order valence-corrected chi connectivity index (χ1v) is 6.13. The number of primary amides is 1. The van der Waals surface area contributed by atoms with Crippen LogP contribution in [-0.4, -0.2) is 72.5 Å². The summed E-state index contributed by atoms with van der Waals surface area (Å²) in [5.74, 6) is -0.312. The van der Waals surface area contributed by atoms with Crippen molar-refractivity contribution in [2.24, 2.45) is 5.73 Å². The van der Waals surface area contributed by atoms with Gasteiger partial charge >= 0.3 is 6.03 Å². The smallest absolute Gasteiger partial charge is 0.320 e. The number of hydrogen-bond donors (Lipinski definition) is 1. The van der Waals surface area contributed by atoms with Crippen LogP contribution < -0.4 is 5.73 Å². The molecular formula is C11H22N4O2. The van der Waals surface area contributed by atoms with Gasteiger partial charge in [-0.3, -0.25) is 9.69 Å². The summed E-state index contributed by atoms with van der Waals surface area (Å²) < 4.78 is 0. The normalized spacial score (nSPS) is 16.9. The van der Waals surface area contributed by atoms with Gasteiger partial charge in [0.25, 0.3) is 0 Å². The van der Waals surface area contributed by atoms with Gasteiger partial charge in [-0.25, -0.2) is 4.79 Å². The van der Waals surface area contributed by atoms with Crippen molar-refractivity contribution < 1.29 is 9.59 Å². The predicted molar refractivity (Wildman–Crippen MR) is 65.5 cm³/mol. The standard InChI is InChI=1S/C11H22N4O2/c1-3-14(4-2)11(17)15-7-5-13(6-8-15)9-10(12)16/h3-9H2,1-2H3,(H2,12,16). The van der Waals surface area contributed by atoms with Crippen LogP contribution >= 0.6 is 0 Å². The Morgan fingerprint density at radius 1 is 1.12 bits per heavy atom. The molecule has 0 radical (unpaired) electrons. The summed E-state index contributed by atoms with van der Waals surface area (Å²) in [6.07, 6.45) is 0. The van der Waals surface area contributed by atoms with E-state index < -0.39 is 0 Å². The first-order chi connectivity index (χ1) is 8.08. The molecular weight excluding hydrogens is 220 g/mol. The van der Waals surface area contributed by atoms with Crippen LogP contribution in [0.5, 0.6) is 0 Å². The molecule has 6 heteroatoms. The van der Waals surface area contributed by atoms with Crippen molar-refractivity contribution in [3.05, 3.63) is 0 Å². The number of amides is 3. The van der Waals surface area contributed by atoms with Gasteiger partial charge in [0.15, 0.2) is 0 Å². The first-order valence-electron chi connectivity index (χ1n) is 6.13. The predicted octanol–water partition coefficient (Wildman–Crippen LogP) is -0.449. The molecule has 6 nitrogen and oxygen atoms in total. The molecule has 0 aromatic heterocycles. The molecule has 2 N–H and O–H groups in total. The van der Waals surface area contributed by atoms with E-state index in [9.17, 15) is 9.59 Å². The second-order valence-corrected chi connectivity index (χ2v) is 4.18. The van der Waals surface area contributed by atoms with Crippen molar-refractivity contribution in [2.45, 2.75) is 13.8 Å². The first kappa shape index (κ1) is 13.8. The van der Waals surface area contributed by atoms with E-state index in [1.54, 1.807) is 0 Å². The molecule has 17 heavy (non-hydrogen) atoms. The van der Waals surface area contributed by atoms with E-state index in [0.717, 1.165) is 26.2 Å². The van der Waals surface area contributed by atoms with Crippen LogP contribution in [-0.2, 0) is 4.79 Å². The molecule has 0 aromatic rings. The van der Waals surface area contributed by atoms with Gasteiger partial charge in [0.05, 0.1) is 6.54 Å². The lowest BCUT2D eigenvalue weighted by Crippen LogP contribution is -2.53. The molecule has 3 amide bonds. The molecule has 0 aliphatic carbocycles. The molecule has 0 atom stereocenters. The maximum atomic E-state index is 12.0. The number of carbonyl (C=O) groups excluding carboxylic acids is 2. The Kier molecular flexibility index (Phi) is 5.21. The molecule has 1 rings (SSSR count). The average molecular weight is 242 g/mol. The zero-order chi connectivity index (χ0) is 12.8. The monoisotopic (exact) mass is 242 g/mol. The third kappa shape index (κ3) is 3.89. The third-order valence-corrected chi connectivity index (χ3v) is 3.06. The van der Waals surface area contributed by atoms with Gasteiger partial charge in [-0.05, 0) is 13.8 Å². The van der Waals surface area contributed by atoms with E-state index in [2.05, 4.69) is 0 Å². The number of nitrogens with two attached hydrogens (primary N) is 1. The lowest BCUT2D eigenvalue weighted by molar-refractivity contribution is -0.119. The van der Waals surface area contributed by atoms with Crippen LogP contribution in [0.25, 0.3) is 0 Å². The summed E-state index contributed by atoms with van der Waals surface area (Å²) in [4.78, 5) is 28.4. The van der Waals surface area contributed by atoms with Crippen LogP contribution in [0, 0.1) is 0 Å². The summed E-state index contributed by atoms with van der Waals surface area (Å²) in [7, 11) is 0. The Morgan fingerprint density at radius 2 is 1.65 bits per heavy atom. The third-order valence-electron chi connectivity index (χ3n) is 3.06. The fourth-order valence-electron chi connectivity index (χ4n) is 2.01. The minimum Gasteiger partial charge on any atom is -0.369 e. The lowest BCUT2D eigenvalue weighted by Gasteiger charge is -2.36. The van der Waals surface area contributed by atoms with Gasteiger partial charge in [0, 0.05) is 39.3 Å². The quantitative estimate of drug-likeness (QED) is 0.726. The van der Waals surface area contributed by atoms with E-state index in [4.69, 9.17) is 5.73 Å². The largest absolute Gasteiger partial charge is 0.369 e. The molecule has 0 saturated carbocycles. The van der Waals surface area contributed by atoms with Crippen LogP contribution in [0.15, 0.2) is 0 Å². The Morgan fingerprint density at radius 3 is 2.06 bits per heavy atom. The SMILES string of the molecule is CCN(CC)C(=O)N1CCN(CC(N)=O)CC1. The number of carbonyl (C=O) groups is 2. The Labute approximate surface area is 102 Å². The Hall–Kier alpha value is -1.30. The van der Waals surface area contributed by atoms with E-state index in [-0.39, 0.29) is 18.5 Å². The molecule has 98 valence electrons. The summed E-state index contributed by atoms with van der Waals surface area (Å²) >= 11 is 0. The van der Waals surface area contributed by atoms with E-state index in [1.807, 2.05) is 28.5 Å². The van der Waals surface area contributed by atoms with Gasteiger partial charge in [-0.1, -0.05) is 0 Å². The number of nitrogens with zero attached hydrogens (tertiary/aromatic N) is 3. The van der Waals surface area contributed by atoms with E-state index >= 15 is 0 Å². The minimum atomic E-state index is -0.312. The van der Waals surface area contributed by atoms with Crippen molar-refractivity contribution in [3.8, 4) is 0 Å². The molecule has 0 spiro atoms. The van der Waals surface area contributed by atoms with E-state index in [1.165, 1.54) is 0 Å². The maximum Gasteiger partial charge on any atom is 0.320 e. The number of urea groups is 1. The highest BCUT2D eigenvalue weighted by molar-refractivity contribution is 5.76. The Bertz CT molecular complexity index is 271. The van der Waals surface area contributed by atoms with Gasteiger partial charge < -0.3 is 15.5 Å². The number of rotatable bonds is 4. The molecule has 1 heterocycles. The van der Waals surface area contributed by atoms with Crippen molar-refractivity contribution in [1.29, 1.82) is 0 Å². The van der Waals surface area contributed by atoms with Crippen LogP contribution in [0.1, 0.15) is 13.8 Å². The zero-order valence-corrected chi connectivity index (χ0v) is 10.7. The maximum absolute atomic E-state index is 12.0. The Balaban J connectivity index is 2.40. The van der Waals surface area contributed by atoms with Crippen molar-refractivity contribution >= 4 is 11.9 Å². The van der Waals surface area contributed by atoms with Gasteiger partial charge in [-0.15, -0.1) is 0 Å². The summed E-state index contributed by atoms with van der Waals surface area (Å²) in [6.45, 7) is 8.48. The molecule has 0 bridgehead atoms. The highest BCUT2D eigenvalue weighted by Gasteiger charge is 2.24. The molecule has 1 aliphatic rings. The summed E-state index contributed by atoms with van der Waals surface area (Å²) in [6, 6.07) is 0.0914. The van der Waals surface area contributed by atoms with Crippen LogP contribution in [0.2, 0.25) is 0 Å². The topological polar surface area (TPSA) is 69.9 Å². The lowest BCUT2D eigenvalue weighted by atomic mass is 10.3. The second kappa shape index (κ2) is 6.44. The van der Waals surface area contributed by atoms with E-state index in [0.29, 0.717) is 13.1 Å². The van der Waals surface area contributed by atoms with Crippen LogP contribution in [0.4, 0.5) is 4.79 Å². The minimum absolute atomic E-state index is 0.0914. The van der Waals surface area contributed by atoms with Crippen LogP contribution in [0.3, 0.4) is 0 Å². The van der Waals surface area contributed by atoms with Gasteiger partial charge in [0.1, 0.15) is 0 Å². The van der Waals surface area contributed by atoms with Crippen molar-refractivity contribution in [2.75, 3.05) is 45.8 Å². The van der Waals surface area contributed by atoms with Gasteiger partial charge in [0.2, 0.25) is 5.91 Å². The molecule has 1 aliphatic heterocycles. The summed E-state index contributed by atoms with van der Waals surface area (Å²) in [5, 5.41) is 0. The molecule has 1 fully saturated rings. The fourth-order valence-corrected chi connectivity index (χ4v) is 2.01.